The fourth-order valence-electron chi connectivity index (χ4n) is 2.36. The lowest BCUT2D eigenvalue weighted by atomic mass is 10.00. The number of hydrogen-bond acceptors (Lipinski definition) is 6. The molecule has 0 N–H and O–H groups in total. The Balaban J connectivity index is 0.00000242. The highest BCUT2D eigenvalue weighted by Gasteiger charge is 2.19. The molecule has 0 spiro atoms. The second-order valence-corrected chi connectivity index (χ2v) is 5.18. The van der Waals surface area contributed by atoms with Gasteiger partial charge in [-0.1, -0.05) is 0 Å². The van der Waals surface area contributed by atoms with Crippen molar-refractivity contribution in [2.75, 3.05) is 26.7 Å². The van der Waals surface area contributed by atoms with Gasteiger partial charge in [0.1, 0.15) is 5.75 Å². The Morgan fingerprint density at radius 3 is 2.68 bits per heavy atom. The first kappa shape index (κ1) is 18.2. The maximum atomic E-state index is 11.6. The second kappa shape index (κ2) is 8.55. The monoisotopic (exact) mass is 330 g/mol. The first-order chi connectivity index (χ1) is 10.0. The minimum atomic E-state index is -0.780. The van der Waals surface area contributed by atoms with Crippen molar-refractivity contribution >= 4 is 24.2 Å². The Labute approximate surface area is 134 Å². The molecule has 1 fully saturated rings. The number of piperidine rings is 1. The summed E-state index contributed by atoms with van der Waals surface area (Å²) in [6, 6.07) is 5.29. The van der Waals surface area contributed by atoms with Crippen LogP contribution in [0.15, 0.2) is 24.3 Å². The van der Waals surface area contributed by atoms with Gasteiger partial charge in [0, 0.05) is 24.6 Å². The minimum Gasteiger partial charge on any atom is -0.434 e. The van der Waals surface area contributed by atoms with Crippen LogP contribution in [0.2, 0.25) is 0 Å². The van der Waals surface area contributed by atoms with E-state index in [0.29, 0.717) is 12.5 Å². The molecule has 122 valence electrons. The maximum absolute atomic E-state index is 11.6. The summed E-state index contributed by atoms with van der Waals surface area (Å²) in [5.74, 6) is 0.555. The van der Waals surface area contributed by atoms with Crippen LogP contribution in [0.25, 0.3) is 0 Å². The van der Waals surface area contributed by atoms with Crippen LogP contribution in [-0.4, -0.2) is 42.7 Å². The van der Waals surface area contributed by atoms with Crippen molar-refractivity contribution in [2.24, 2.45) is 5.92 Å². The minimum absolute atomic E-state index is 0. The number of hydrogen-bond donors (Lipinski definition) is 0. The Morgan fingerprint density at radius 2 is 2.09 bits per heavy atom. The van der Waals surface area contributed by atoms with Gasteiger partial charge in [0.25, 0.3) is 5.69 Å². The highest BCUT2D eigenvalue weighted by atomic mass is 35.5. The predicted octanol–water partition coefficient (Wildman–Crippen LogP) is 2.87. The molecule has 1 saturated heterocycles. The van der Waals surface area contributed by atoms with E-state index >= 15 is 0 Å². The summed E-state index contributed by atoms with van der Waals surface area (Å²) in [5, 5.41) is 10.5. The number of rotatable bonds is 4. The van der Waals surface area contributed by atoms with Gasteiger partial charge in [0.05, 0.1) is 11.5 Å². The number of carbonyl (C=O) groups excluding carboxylic acids is 1. The lowest BCUT2D eigenvalue weighted by Crippen LogP contribution is -2.34. The summed E-state index contributed by atoms with van der Waals surface area (Å²) in [6.07, 6.45) is 1.36. The highest BCUT2D eigenvalue weighted by Crippen LogP contribution is 2.19. The molecule has 8 heteroatoms. The maximum Gasteiger partial charge on any atom is 0.513 e. The van der Waals surface area contributed by atoms with Gasteiger partial charge in [-0.2, -0.15) is 0 Å². The van der Waals surface area contributed by atoms with E-state index in [0.717, 1.165) is 25.9 Å². The van der Waals surface area contributed by atoms with Crippen molar-refractivity contribution in [1.29, 1.82) is 0 Å². The third kappa shape index (κ3) is 5.50. The SMILES string of the molecule is CN1CCCC(COC(=O)Oc2ccc([N+](=O)[O-])cc2)C1.Cl. The number of halogens is 1. The third-order valence-corrected chi connectivity index (χ3v) is 3.41. The molecule has 22 heavy (non-hydrogen) atoms. The van der Waals surface area contributed by atoms with Gasteiger partial charge in [-0.3, -0.25) is 10.1 Å². The number of likely N-dealkylation sites (tertiary alicyclic amines) is 1. The average molecular weight is 331 g/mol. The molecular weight excluding hydrogens is 312 g/mol. The zero-order valence-corrected chi connectivity index (χ0v) is 13.1. The molecule has 1 aliphatic heterocycles. The Kier molecular flexibility index (Phi) is 7.07. The number of non-ortho nitro benzene ring substituents is 1. The van der Waals surface area contributed by atoms with Crippen LogP contribution in [0, 0.1) is 16.0 Å². The molecule has 1 atom stereocenters. The number of nitrogens with zero attached hydrogens (tertiary/aromatic N) is 2. The third-order valence-electron chi connectivity index (χ3n) is 3.41. The molecule has 0 aromatic heterocycles. The topological polar surface area (TPSA) is 81.9 Å². The van der Waals surface area contributed by atoms with Gasteiger partial charge < -0.3 is 14.4 Å². The van der Waals surface area contributed by atoms with Crippen molar-refractivity contribution in [3.63, 3.8) is 0 Å². The largest absolute Gasteiger partial charge is 0.513 e. The highest BCUT2D eigenvalue weighted by molar-refractivity contribution is 5.85. The molecule has 1 heterocycles. The van der Waals surface area contributed by atoms with Crippen LogP contribution in [0.3, 0.4) is 0 Å². The Hall–Kier alpha value is -1.86. The predicted molar refractivity (Wildman–Crippen MR) is 82.5 cm³/mol. The van der Waals surface area contributed by atoms with Crippen molar-refractivity contribution in [2.45, 2.75) is 12.8 Å². The molecule has 0 amide bonds. The number of carbonyl (C=O) groups is 1. The molecule has 2 rings (SSSR count). The van der Waals surface area contributed by atoms with Crippen molar-refractivity contribution in [3.05, 3.63) is 34.4 Å². The molecule has 0 aliphatic carbocycles. The van der Waals surface area contributed by atoms with E-state index in [-0.39, 0.29) is 23.8 Å². The summed E-state index contributed by atoms with van der Waals surface area (Å²) in [6.45, 7) is 2.31. The first-order valence-corrected chi connectivity index (χ1v) is 6.82. The summed E-state index contributed by atoms with van der Waals surface area (Å²) in [7, 11) is 2.04. The van der Waals surface area contributed by atoms with E-state index in [2.05, 4.69) is 4.90 Å². The molecule has 0 saturated carbocycles. The summed E-state index contributed by atoms with van der Waals surface area (Å²) < 4.78 is 10.1. The van der Waals surface area contributed by atoms with Crippen LogP contribution in [0.4, 0.5) is 10.5 Å². The summed E-state index contributed by atoms with van der Waals surface area (Å²) in [5.41, 5.74) is -0.0547. The molecule has 0 radical (unpaired) electrons. The van der Waals surface area contributed by atoms with Crippen LogP contribution in [0.1, 0.15) is 12.8 Å². The Bertz CT molecular complexity index is 508. The summed E-state index contributed by atoms with van der Waals surface area (Å²) in [4.78, 5) is 23.8. The molecule has 1 unspecified atom stereocenters. The number of ether oxygens (including phenoxy) is 2. The standard InChI is InChI=1S/C14H18N2O5.ClH/c1-15-8-2-3-11(9-15)10-20-14(17)21-13-6-4-12(5-7-13)16(18)19;/h4-7,11H,2-3,8-10H2,1H3;1H. The van der Waals surface area contributed by atoms with Crippen molar-refractivity contribution in [1.82, 2.24) is 4.90 Å². The molecule has 0 bridgehead atoms. The summed E-state index contributed by atoms with van der Waals surface area (Å²) >= 11 is 0. The van der Waals surface area contributed by atoms with E-state index in [1.807, 2.05) is 7.05 Å². The van der Waals surface area contributed by atoms with E-state index in [1.54, 1.807) is 0 Å². The number of benzene rings is 1. The average Bonchev–Trinajstić information content (AvgIpc) is 2.46. The number of nitro groups is 1. The molecule has 1 aliphatic rings. The molecule has 7 nitrogen and oxygen atoms in total. The zero-order valence-electron chi connectivity index (χ0n) is 12.3. The van der Waals surface area contributed by atoms with Gasteiger partial charge >= 0.3 is 6.16 Å². The normalized spacial score (nSPS) is 18.1. The van der Waals surface area contributed by atoms with E-state index in [1.165, 1.54) is 24.3 Å². The quantitative estimate of drug-likeness (QED) is 0.365. The van der Waals surface area contributed by atoms with Gasteiger partial charge in [-0.25, -0.2) is 4.79 Å². The van der Waals surface area contributed by atoms with Crippen LogP contribution < -0.4 is 4.74 Å². The van der Waals surface area contributed by atoms with Crippen molar-refractivity contribution < 1.29 is 19.2 Å². The number of nitro benzene ring substituents is 1. The molecule has 1 aromatic rings. The van der Waals surface area contributed by atoms with Gasteiger partial charge in [-0.05, 0) is 38.6 Å². The van der Waals surface area contributed by atoms with E-state index in [9.17, 15) is 14.9 Å². The second-order valence-electron chi connectivity index (χ2n) is 5.18. The van der Waals surface area contributed by atoms with E-state index in [4.69, 9.17) is 9.47 Å². The lowest BCUT2D eigenvalue weighted by Gasteiger charge is -2.28. The van der Waals surface area contributed by atoms with Crippen LogP contribution in [-0.2, 0) is 4.74 Å². The molecule has 1 aromatic carbocycles. The molecular formula is C14H19ClN2O5. The van der Waals surface area contributed by atoms with Crippen LogP contribution in [0.5, 0.6) is 5.75 Å². The zero-order chi connectivity index (χ0) is 15.2. The van der Waals surface area contributed by atoms with E-state index < -0.39 is 11.1 Å². The van der Waals surface area contributed by atoms with Gasteiger partial charge in [0.15, 0.2) is 0 Å². The smallest absolute Gasteiger partial charge is 0.434 e. The van der Waals surface area contributed by atoms with Gasteiger partial charge in [-0.15, -0.1) is 12.4 Å². The fraction of sp³-hybridized carbons (Fsp3) is 0.500. The Morgan fingerprint density at radius 1 is 1.41 bits per heavy atom. The lowest BCUT2D eigenvalue weighted by molar-refractivity contribution is -0.384. The van der Waals surface area contributed by atoms with Gasteiger partial charge in [0.2, 0.25) is 0 Å². The first-order valence-electron chi connectivity index (χ1n) is 6.82. The fourth-order valence-corrected chi connectivity index (χ4v) is 2.36. The van der Waals surface area contributed by atoms with Crippen LogP contribution >= 0.6 is 12.4 Å². The van der Waals surface area contributed by atoms with Crippen molar-refractivity contribution in [3.8, 4) is 5.75 Å².